The first-order valence-electron chi connectivity index (χ1n) is 8.59. The summed E-state index contributed by atoms with van der Waals surface area (Å²) < 4.78 is 44.8. The molecule has 1 amide bonds. The number of nitriles is 1. The summed E-state index contributed by atoms with van der Waals surface area (Å²) in [7, 11) is 0. The van der Waals surface area contributed by atoms with E-state index in [4.69, 9.17) is 10.00 Å². The van der Waals surface area contributed by atoms with Gasteiger partial charge in [0, 0.05) is 12.2 Å². The van der Waals surface area contributed by atoms with Crippen LogP contribution in [0.2, 0.25) is 0 Å². The minimum atomic E-state index is -4.62. The number of amides is 1. The maximum atomic E-state index is 13.0. The smallest absolute Gasteiger partial charge is 0.417 e. The summed E-state index contributed by atoms with van der Waals surface area (Å²) in [4.78, 5) is 15.9. The highest BCUT2D eigenvalue weighted by molar-refractivity contribution is 5.90. The van der Waals surface area contributed by atoms with Gasteiger partial charge >= 0.3 is 6.18 Å². The Morgan fingerprint density at radius 2 is 1.96 bits per heavy atom. The average molecular weight is 391 g/mol. The Balaban J connectivity index is 1.56. The second kappa shape index (κ2) is 8.21. The molecule has 28 heavy (non-hydrogen) atoms. The summed E-state index contributed by atoms with van der Waals surface area (Å²) in [6.45, 7) is 0. The molecule has 1 fully saturated rings. The van der Waals surface area contributed by atoms with Gasteiger partial charge in [0.25, 0.3) is 5.91 Å². The monoisotopic (exact) mass is 391 g/mol. The largest absolute Gasteiger partial charge is 0.490 e. The van der Waals surface area contributed by atoms with E-state index in [1.54, 1.807) is 6.07 Å². The molecule has 0 unspecified atom stereocenters. The molecular weight excluding hydrogens is 375 g/mol. The van der Waals surface area contributed by atoms with Crippen LogP contribution < -0.4 is 10.1 Å². The van der Waals surface area contributed by atoms with E-state index in [0.717, 1.165) is 12.1 Å². The van der Waals surface area contributed by atoms with Crippen molar-refractivity contribution in [2.45, 2.75) is 44.0 Å². The van der Waals surface area contributed by atoms with Gasteiger partial charge in [-0.05, 0) is 43.9 Å². The van der Waals surface area contributed by atoms with Crippen LogP contribution in [0.5, 0.6) is 5.75 Å². The molecule has 2 aromatic rings. The lowest BCUT2D eigenvalue weighted by atomic mass is 9.93. The summed E-state index contributed by atoms with van der Waals surface area (Å²) >= 11 is 0. The van der Waals surface area contributed by atoms with Crippen molar-refractivity contribution in [3.05, 3.63) is 47.5 Å². The standard InChI is InChI=1S/C18H16F3N5O2/c19-18(20,21)15-9-14(4-1-11(15)10-22)28-13-5-2-12(3-6-13)25-17(27)16-23-7-8-24-26-16/h1,4,7-9,12-13H,2-3,5-6H2,(H,25,27). The van der Waals surface area contributed by atoms with Gasteiger partial charge in [-0.2, -0.15) is 23.5 Å². The molecule has 1 aliphatic carbocycles. The van der Waals surface area contributed by atoms with Crippen LogP contribution in [0.25, 0.3) is 0 Å². The minimum Gasteiger partial charge on any atom is -0.490 e. The SMILES string of the molecule is N#Cc1ccc(OC2CCC(NC(=O)c3nccnn3)CC2)cc1C(F)(F)F. The Morgan fingerprint density at radius 3 is 2.57 bits per heavy atom. The molecule has 1 saturated carbocycles. The topological polar surface area (TPSA) is 101 Å². The first-order valence-corrected chi connectivity index (χ1v) is 8.59. The number of aromatic nitrogens is 3. The van der Waals surface area contributed by atoms with Crippen molar-refractivity contribution in [2.75, 3.05) is 0 Å². The van der Waals surface area contributed by atoms with Crippen molar-refractivity contribution >= 4 is 5.91 Å². The minimum absolute atomic E-state index is 0.0156. The fourth-order valence-corrected chi connectivity index (χ4v) is 3.05. The highest BCUT2D eigenvalue weighted by Gasteiger charge is 2.34. The van der Waals surface area contributed by atoms with Gasteiger partial charge in [0.1, 0.15) is 5.75 Å². The van der Waals surface area contributed by atoms with Gasteiger partial charge in [0.05, 0.1) is 29.5 Å². The van der Waals surface area contributed by atoms with Gasteiger partial charge < -0.3 is 10.1 Å². The van der Waals surface area contributed by atoms with E-state index in [-0.39, 0.29) is 23.7 Å². The fourth-order valence-electron chi connectivity index (χ4n) is 3.05. The normalized spacial score (nSPS) is 19.5. The van der Waals surface area contributed by atoms with E-state index >= 15 is 0 Å². The van der Waals surface area contributed by atoms with Crippen molar-refractivity contribution in [3.63, 3.8) is 0 Å². The van der Waals surface area contributed by atoms with Crippen LogP contribution in [-0.2, 0) is 6.18 Å². The molecule has 0 spiro atoms. The van der Waals surface area contributed by atoms with Gasteiger partial charge in [-0.15, -0.1) is 5.10 Å². The van der Waals surface area contributed by atoms with Gasteiger partial charge in [0.15, 0.2) is 0 Å². The number of carbonyl (C=O) groups excluding carboxylic acids is 1. The van der Waals surface area contributed by atoms with Crippen LogP contribution in [-0.4, -0.2) is 33.2 Å². The van der Waals surface area contributed by atoms with Gasteiger partial charge in [0.2, 0.25) is 5.82 Å². The van der Waals surface area contributed by atoms with Crippen molar-refractivity contribution < 1.29 is 22.7 Å². The molecule has 10 heteroatoms. The van der Waals surface area contributed by atoms with E-state index in [9.17, 15) is 18.0 Å². The van der Waals surface area contributed by atoms with Gasteiger partial charge in [-0.25, -0.2) is 4.98 Å². The third kappa shape index (κ3) is 4.73. The zero-order valence-corrected chi connectivity index (χ0v) is 14.6. The number of carbonyl (C=O) groups is 1. The second-order valence-electron chi connectivity index (χ2n) is 6.35. The highest BCUT2D eigenvalue weighted by atomic mass is 19.4. The second-order valence-corrected chi connectivity index (χ2v) is 6.35. The van der Waals surface area contributed by atoms with Crippen molar-refractivity contribution in [2.24, 2.45) is 0 Å². The highest BCUT2D eigenvalue weighted by Crippen LogP contribution is 2.35. The lowest BCUT2D eigenvalue weighted by molar-refractivity contribution is -0.137. The molecule has 1 heterocycles. The van der Waals surface area contributed by atoms with Crippen molar-refractivity contribution in [3.8, 4) is 11.8 Å². The van der Waals surface area contributed by atoms with Crippen LogP contribution in [0.3, 0.4) is 0 Å². The number of rotatable bonds is 4. The molecule has 0 aliphatic heterocycles. The molecule has 1 N–H and O–H groups in total. The molecule has 0 bridgehead atoms. The Kier molecular flexibility index (Phi) is 5.73. The van der Waals surface area contributed by atoms with Crippen molar-refractivity contribution in [1.29, 1.82) is 5.26 Å². The summed E-state index contributed by atoms with van der Waals surface area (Å²) in [6, 6.07) is 4.77. The third-order valence-corrected chi connectivity index (χ3v) is 4.41. The Hall–Kier alpha value is -3.22. The number of hydrogen-bond donors (Lipinski definition) is 1. The summed E-state index contributed by atoms with van der Waals surface area (Å²) in [5, 5.41) is 18.9. The van der Waals surface area contributed by atoms with Gasteiger partial charge in [-0.1, -0.05) is 0 Å². The van der Waals surface area contributed by atoms with E-state index in [2.05, 4.69) is 20.5 Å². The molecule has 3 rings (SSSR count). The number of halogens is 3. The Labute approximate surface area is 158 Å². The van der Waals surface area contributed by atoms with Crippen LogP contribution >= 0.6 is 0 Å². The third-order valence-electron chi connectivity index (χ3n) is 4.41. The van der Waals surface area contributed by atoms with Crippen molar-refractivity contribution in [1.82, 2.24) is 20.5 Å². The van der Waals surface area contributed by atoms with Crippen LogP contribution in [0.15, 0.2) is 30.6 Å². The van der Waals surface area contributed by atoms with Crippen LogP contribution in [0.4, 0.5) is 13.2 Å². The molecular formula is C18H16F3N5O2. The Morgan fingerprint density at radius 1 is 1.21 bits per heavy atom. The predicted molar refractivity (Wildman–Crippen MR) is 90.1 cm³/mol. The van der Waals surface area contributed by atoms with Gasteiger partial charge in [-0.3, -0.25) is 4.79 Å². The van der Waals surface area contributed by atoms with Crippen LogP contribution in [0, 0.1) is 11.3 Å². The molecule has 7 nitrogen and oxygen atoms in total. The zero-order chi connectivity index (χ0) is 20.1. The van der Waals surface area contributed by atoms with E-state index in [1.165, 1.54) is 18.5 Å². The summed E-state index contributed by atoms with van der Waals surface area (Å²) in [6.07, 6.45) is 0.211. The number of ether oxygens (including phenoxy) is 1. The maximum absolute atomic E-state index is 13.0. The number of alkyl halides is 3. The lowest BCUT2D eigenvalue weighted by Gasteiger charge is -2.29. The first kappa shape index (κ1) is 19.5. The van der Waals surface area contributed by atoms with E-state index in [1.807, 2.05) is 0 Å². The number of nitrogens with zero attached hydrogens (tertiary/aromatic N) is 4. The number of nitrogens with one attached hydrogen (secondary N) is 1. The summed E-state index contributed by atoms with van der Waals surface area (Å²) in [5.74, 6) is -0.361. The number of hydrogen-bond acceptors (Lipinski definition) is 6. The maximum Gasteiger partial charge on any atom is 0.417 e. The average Bonchev–Trinajstić information content (AvgIpc) is 2.69. The molecule has 146 valence electrons. The molecule has 0 radical (unpaired) electrons. The van der Waals surface area contributed by atoms with E-state index < -0.39 is 23.2 Å². The van der Waals surface area contributed by atoms with Crippen LogP contribution in [0.1, 0.15) is 47.4 Å². The predicted octanol–water partition coefficient (Wildman–Crippen LogP) is 2.88. The molecule has 0 atom stereocenters. The quantitative estimate of drug-likeness (QED) is 0.860. The lowest BCUT2D eigenvalue weighted by Crippen LogP contribution is -2.40. The molecule has 0 saturated heterocycles. The first-order chi connectivity index (χ1) is 13.4. The Bertz CT molecular complexity index is 875. The molecule has 1 aromatic carbocycles. The summed E-state index contributed by atoms with van der Waals surface area (Å²) in [5.41, 5.74) is -1.45. The molecule has 1 aliphatic rings. The fraction of sp³-hybridized carbons (Fsp3) is 0.389. The van der Waals surface area contributed by atoms with E-state index in [0.29, 0.717) is 25.7 Å². The zero-order valence-electron chi connectivity index (χ0n) is 14.6. The number of benzene rings is 1. The molecule has 1 aromatic heterocycles.